The van der Waals surface area contributed by atoms with Crippen molar-refractivity contribution in [2.75, 3.05) is 11.9 Å². The number of hydrogen-bond donors (Lipinski definition) is 2. The van der Waals surface area contributed by atoms with Crippen LogP contribution in [-0.4, -0.2) is 17.8 Å². The van der Waals surface area contributed by atoms with E-state index in [1.54, 1.807) is 12.1 Å². The lowest BCUT2D eigenvalue weighted by Crippen LogP contribution is -2.25. The van der Waals surface area contributed by atoms with Gasteiger partial charge in [0, 0.05) is 16.7 Å². The topological polar surface area (TPSA) is 56.0 Å². The normalized spacial score (nSPS) is 12.9. The molecule has 0 radical (unpaired) electrons. The van der Waals surface area contributed by atoms with Crippen LogP contribution >= 0.6 is 15.9 Å². The molecule has 2 N–H and O–H groups in total. The number of aliphatic hydroxyl groups excluding tert-OH is 1. The predicted molar refractivity (Wildman–Crippen MR) is 77.4 cm³/mol. The lowest BCUT2D eigenvalue weighted by Gasteiger charge is -2.22. The second kappa shape index (κ2) is 6.21. The summed E-state index contributed by atoms with van der Waals surface area (Å²) in [5, 5.41) is 21.9. The first kappa shape index (κ1) is 15.0. The first-order chi connectivity index (χ1) is 8.30. The average molecular weight is 311 g/mol. The van der Waals surface area contributed by atoms with Gasteiger partial charge in [-0.2, -0.15) is 5.26 Å². The Morgan fingerprint density at radius 1 is 1.39 bits per heavy atom. The Morgan fingerprint density at radius 2 is 2.06 bits per heavy atom. The quantitative estimate of drug-likeness (QED) is 0.894. The third kappa shape index (κ3) is 5.52. The van der Waals surface area contributed by atoms with E-state index in [2.05, 4.69) is 48.1 Å². The summed E-state index contributed by atoms with van der Waals surface area (Å²) in [6, 6.07) is 7.53. The molecular formula is C14H19BrN2O. The molecule has 0 bridgehead atoms. The number of nitrogens with one attached hydrogen (secondary N) is 1. The van der Waals surface area contributed by atoms with Gasteiger partial charge in [0.05, 0.1) is 17.7 Å². The number of aliphatic hydroxyl groups is 1. The molecule has 0 aromatic heterocycles. The van der Waals surface area contributed by atoms with Gasteiger partial charge < -0.3 is 10.4 Å². The van der Waals surface area contributed by atoms with Crippen molar-refractivity contribution in [2.45, 2.75) is 33.3 Å². The fourth-order valence-electron chi connectivity index (χ4n) is 1.77. The van der Waals surface area contributed by atoms with Crippen LogP contribution in [0.5, 0.6) is 0 Å². The molecule has 3 nitrogen and oxygen atoms in total. The summed E-state index contributed by atoms with van der Waals surface area (Å²) in [7, 11) is 0. The molecule has 0 saturated heterocycles. The molecule has 98 valence electrons. The van der Waals surface area contributed by atoms with Crippen LogP contribution in [0, 0.1) is 16.7 Å². The van der Waals surface area contributed by atoms with Crippen LogP contribution in [0.2, 0.25) is 0 Å². The third-order valence-corrected chi connectivity index (χ3v) is 2.87. The Balaban J connectivity index is 2.59. The lowest BCUT2D eigenvalue weighted by molar-refractivity contribution is 0.132. The molecule has 0 heterocycles. The van der Waals surface area contributed by atoms with Gasteiger partial charge >= 0.3 is 0 Å². The molecule has 0 amide bonds. The summed E-state index contributed by atoms with van der Waals surface area (Å²) < 4.78 is 0.856. The highest BCUT2D eigenvalue weighted by Crippen LogP contribution is 2.22. The van der Waals surface area contributed by atoms with Crippen molar-refractivity contribution in [1.82, 2.24) is 0 Å². The molecule has 1 atom stereocenters. The van der Waals surface area contributed by atoms with Gasteiger partial charge in [-0.25, -0.2) is 0 Å². The number of rotatable bonds is 4. The molecule has 0 aliphatic heterocycles. The minimum atomic E-state index is -0.394. The minimum absolute atomic E-state index is 0.107. The van der Waals surface area contributed by atoms with Gasteiger partial charge in [-0.05, 0) is 30.0 Å². The first-order valence-corrected chi connectivity index (χ1v) is 6.72. The molecule has 1 rings (SSSR count). The number of halogens is 1. The van der Waals surface area contributed by atoms with Crippen LogP contribution < -0.4 is 5.32 Å². The zero-order chi connectivity index (χ0) is 13.8. The van der Waals surface area contributed by atoms with Crippen molar-refractivity contribution >= 4 is 21.6 Å². The Kier molecular flexibility index (Phi) is 5.18. The fraction of sp³-hybridized carbons (Fsp3) is 0.500. The van der Waals surface area contributed by atoms with Crippen molar-refractivity contribution in [3.05, 3.63) is 28.2 Å². The van der Waals surface area contributed by atoms with Crippen LogP contribution in [0.15, 0.2) is 22.7 Å². The van der Waals surface area contributed by atoms with E-state index in [0.717, 1.165) is 16.6 Å². The first-order valence-electron chi connectivity index (χ1n) is 5.93. The van der Waals surface area contributed by atoms with E-state index in [1.165, 1.54) is 0 Å². The monoisotopic (exact) mass is 310 g/mol. The van der Waals surface area contributed by atoms with Gasteiger partial charge in [-0.3, -0.25) is 0 Å². The van der Waals surface area contributed by atoms with Crippen LogP contribution in [0.1, 0.15) is 32.8 Å². The van der Waals surface area contributed by atoms with Crippen LogP contribution in [0.25, 0.3) is 0 Å². The maximum atomic E-state index is 9.90. The number of hydrogen-bond acceptors (Lipinski definition) is 3. The number of anilines is 1. The van der Waals surface area contributed by atoms with E-state index in [9.17, 15) is 5.11 Å². The SMILES string of the molecule is CC(C)(C)CC(O)CNc1cc(Br)cc(C#N)c1. The molecule has 4 heteroatoms. The van der Waals surface area contributed by atoms with Crippen molar-refractivity contribution < 1.29 is 5.11 Å². The molecule has 18 heavy (non-hydrogen) atoms. The summed E-state index contributed by atoms with van der Waals surface area (Å²) in [5.41, 5.74) is 1.54. The van der Waals surface area contributed by atoms with Crippen molar-refractivity contribution in [1.29, 1.82) is 5.26 Å². The van der Waals surface area contributed by atoms with Gasteiger partial charge in [0.2, 0.25) is 0 Å². The maximum absolute atomic E-state index is 9.90. The van der Waals surface area contributed by atoms with Crippen LogP contribution in [0.4, 0.5) is 5.69 Å². The molecule has 0 aliphatic carbocycles. The molecular weight excluding hydrogens is 292 g/mol. The molecule has 1 unspecified atom stereocenters. The smallest absolute Gasteiger partial charge is 0.0992 e. The Hall–Kier alpha value is -1.05. The zero-order valence-electron chi connectivity index (χ0n) is 11.0. The standard InChI is InChI=1S/C14H19BrN2O/c1-14(2,3)7-13(18)9-17-12-5-10(8-16)4-11(15)6-12/h4-6,13,17-18H,7,9H2,1-3H3. The van der Waals surface area contributed by atoms with Crippen molar-refractivity contribution in [3.63, 3.8) is 0 Å². The Morgan fingerprint density at radius 3 is 2.61 bits per heavy atom. The maximum Gasteiger partial charge on any atom is 0.0992 e. The van der Waals surface area contributed by atoms with Gasteiger partial charge in [0.15, 0.2) is 0 Å². The van der Waals surface area contributed by atoms with Crippen LogP contribution in [-0.2, 0) is 0 Å². The minimum Gasteiger partial charge on any atom is -0.391 e. The van der Waals surface area contributed by atoms with Gasteiger partial charge in [-0.15, -0.1) is 0 Å². The summed E-state index contributed by atoms with van der Waals surface area (Å²) in [6.45, 7) is 6.79. The largest absolute Gasteiger partial charge is 0.391 e. The lowest BCUT2D eigenvalue weighted by atomic mass is 9.89. The summed E-state index contributed by atoms with van der Waals surface area (Å²) in [5.74, 6) is 0. The van der Waals surface area contributed by atoms with E-state index in [1.807, 2.05) is 6.07 Å². The fourth-order valence-corrected chi connectivity index (χ4v) is 2.26. The summed E-state index contributed by atoms with van der Waals surface area (Å²) >= 11 is 3.36. The second-order valence-corrected chi connectivity index (χ2v) is 6.56. The van der Waals surface area contributed by atoms with E-state index < -0.39 is 6.10 Å². The number of nitrogens with zero attached hydrogens (tertiary/aromatic N) is 1. The molecule has 0 aliphatic rings. The highest BCUT2D eigenvalue weighted by molar-refractivity contribution is 9.10. The summed E-state index contributed by atoms with van der Waals surface area (Å²) in [6.07, 6.45) is 0.341. The van der Waals surface area contributed by atoms with Crippen molar-refractivity contribution in [2.24, 2.45) is 5.41 Å². The van der Waals surface area contributed by atoms with Gasteiger partial charge in [0.1, 0.15) is 0 Å². The zero-order valence-corrected chi connectivity index (χ0v) is 12.6. The highest BCUT2D eigenvalue weighted by Gasteiger charge is 2.16. The Labute approximate surface area is 117 Å². The molecule has 1 aromatic carbocycles. The number of nitriles is 1. The van der Waals surface area contributed by atoms with E-state index in [0.29, 0.717) is 12.1 Å². The van der Waals surface area contributed by atoms with E-state index >= 15 is 0 Å². The number of benzene rings is 1. The molecule has 0 saturated carbocycles. The third-order valence-electron chi connectivity index (χ3n) is 2.42. The average Bonchev–Trinajstić information content (AvgIpc) is 2.23. The van der Waals surface area contributed by atoms with E-state index in [4.69, 9.17) is 5.26 Å². The van der Waals surface area contributed by atoms with Gasteiger partial charge in [0.25, 0.3) is 0 Å². The molecule has 0 spiro atoms. The van der Waals surface area contributed by atoms with E-state index in [-0.39, 0.29) is 5.41 Å². The molecule has 1 aromatic rings. The second-order valence-electron chi connectivity index (χ2n) is 5.64. The van der Waals surface area contributed by atoms with Gasteiger partial charge in [-0.1, -0.05) is 36.7 Å². The highest BCUT2D eigenvalue weighted by atomic mass is 79.9. The molecule has 0 fully saturated rings. The Bertz CT molecular complexity index is 446. The summed E-state index contributed by atoms with van der Waals surface area (Å²) in [4.78, 5) is 0. The van der Waals surface area contributed by atoms with Crippen LogP contribution in [0.3, 0.4) is 0 Å². The predicted octanol–water partition coefficient (Wildman–Crippen LogP) is 3.53. The van der Waals surface area contributed by atoms with Crippen molar-refractivity contribution in [3.8, 4) is 6.07 Å².